The van der Waals surface area contributed by atoms with Crippen LogP contribution in [0, 0.1) is 0 Å². The van der Waals surface area contributed by atoms with Gasteiger partial charge < -0.3 is 15.5 Å². The molecule has 1 aliphatic rings. The summed E-state index contributed by atoms with van der Waals surface area (Å²) in [5.41, 5.74) is 8.41. The first-order valence-corrected chi connectivity index (χ1v) is 9.63. The summed E-state index contributed by atoms with van der Waals surface area (Å²) in [6.45, 7) is 6.73. The average Bonchev–Trinajstić information content (AvgIpc) is 2.72. The maximum absolute atomic E-state index is 12.9. The Kier molecular flexibility index (Phi) is 5.70. The van der Waals surface area contributed by atoms with Gasteiger partial charge in [-0.15, -0.1) is 0 Å². The zero-order valence-corrected chi connectivity index (χ0v) is 16.5. The van der Waals surface area contributed by atoms with Gasteiger partial charge in [-0.2, -0.15) is 0 Å². The molecule has 0 aliphatic carbocycles. The monoisotopic (exact) mass is 368 g/mol. The second-order valence-corrected chi connectivity index (χ2v) is 6.84. The molecule has 0 aromatic carbocycles. The molecule has 0 bridgehead atoms. The lowest BCUT2D eigenvalue weighted by Gasteiger charge is -2.44. The molecule has 2 N–H and O–H groups in total. The molecule has 144 valence electrons. The Morgan fingerprint density at radius 3 is 2.59 bits per heavy atom. The molecular formula is C20H28N6O. The molecule has 0 saturated heterocycles. The molecule has 27 heavy (non-hydrogen) atoms. The minimum atomic E-state index is -0.207. The van der Waals surface area contributed by atoms with Crippen molar-refractivity contribution in [3.05, 3.63) is 30.2 Å². The van der Waals surface area contributed by atoms with Crippen LogP contribution in [0.3, 0.4) is 0 Å². The van der Waals surface area contributed by atoms with Crippen LogP contribution >= 0.6 is 0 Å². The number of carbonyl (C=O) groups is 1. The summed E-state index contributed by atoms with van der Waals surface area (Å²) in [6, 6.07) is 1.93. The number of hydrogen-bond acceptors (Lipinski definition) is 6. The van der Waals surface area contributed by atoms with Gasteiger partial charge in [0.25, 0.3) is 0 Å². The van der Waals surface area contributed by atoms with Crippen LogP contribution in [0.15, 0.2) is 24.7 Å². The number of fused-ring (bicyclic) bond motifs is 1. The van der Waals surface area contributed by atoms with Gasteiger partial charge in [0.15, 0.2) is 11.6 Å². The molecule has 1 atom stereocenters. The lowest BCUT2D eigenvalue weighted by Crippen LogP contribution is -2.56. The van der Waals surface area contributed by atoms with E-state index in [1.165, 1.54) is 0 Å². The molecule has 3 rings (SSSR count). The third-order valence-electron chi connectivity index (χ3n) is 5.39. The fraction of sp³-hybridized carbons (Fsp3) is 0.500. The van der Waals surface area contributed by atoms with E-state index in [-0.39, 0.29) is 18.0 Å². The summed E-state index contributed by atoms with van der Waals surface area (Å²) >= 11 is 0. The van der Waals surface area contributed by atoms with Gasteiger partial charge in [-0.1, -0.05) is 20.8 Å². The molecule has 0 fully saturated rings. The van der Waals surface area contributed by atoms with Crippen molar-refractivity contribution >= 4 is 17.4 Å². The minimum absolute atomic E-state index is 0.0970. The molecule has 2 aromatic heterocycles. The second kappa shape index (κ2) is 8.00. The van der Waals surface area contributed by atoms with Crippen LogP contribution in [-0.4, -0.2) is 40.0 Å². The number of carbonyl (C=O) groups excluding carboxylic acids is 1. The summed E-state index contributed by atoms with van der Waals surface area (Å²) in [7, 11) is 1.80. The van der Waals surface area contributed by atoms with E-state index < -0.39 is 0 Å². The number of anilines is 2. The number of amides is 1. The molecule has 0 radical (unpaired) electrons. The van der Waals surface area contributed by atoms with E-state index in [0.717, 1.165) is 41.9 Å². The SMILES string of the molecule is CCC(CC)N1c2nc(-c3ccncc3CN)ncc2N(C)C(=O)[C@H]1CC. The van der Waals surface area contributed by atoms with E-state index in [4.69, 9.17) is 10.7 Å². The first kappa shape index (κ1) is 19.2. The van der Waals surface area contributed by atoms with Crippen LogP contribution < -0.4 is 15.5 Å². The number of aromatic nitrogens is 3. The van der Waals surface area contributed by atoms with Gasteiger partial charge >= 0.3 is 0 Å². The quantitative estimate of drug-likeness (QED) is 0.843. The predicted molar refractivity (Wildman–Crippen MR) is 107 cm³/mol. The smallest absolute Gasteiger partial charge is 0.249 e. The first-order valence-electron chi connectivity index (χ1n) is 9.63. The van der Waals surface area contributed by atoms with Crippen LogP contribution in [0.1, 0.15) is 45.6 Å². The number of hydrogen-bond donors (Lipinski definition) is 1. The fourth-order valence-electron chi connectivity index (χ4n) is 3.82. The highest BCUT2D eigenvalue weighted by atomic mass is 16.2. The van der Waals surface area contributed by atoms with Gasteiger partial charge in [0.1, 0.15) is 11.7 Å². The second-order valence-electron chi connectivity index (χ2n) is 6.84. The Morgan fingerprint density at radius 2 is 1.96 bits per heavy atom. The van der Waals surface area contributed by atoms with Crippen molar-refractivity contribution in [3.8, 4) is 11.4 Å². The van der Waals surface area contributed by atoms with Gasteiger partial charge in [-0.3, -0.25) is 9.78 Å². The number of nitrogens with zero attached hydrogens (tertiary/aromatic N) is 5. The highest BCUT2D eigenvalue weighted by Crippen LogP contribution is 2.38. The number of rotatable bonds is 6. The molecule has 7 nitrogen and oxygen atoms in total. The van der Waals surface area contributed by atoms with Crippen LogP contribution in [0.25, 0.3) is 11.4 Å². The molecule has 0 saturated carbocycles. The zero-order valence-electron chi connectivity index (χ0n) is 16.5. The maximum Gasteiger partial charge on any atom is 0.249 e. The number of pyridine rings is 1. The number of nitrogens with two attached hydrogens (primary N) is 1. The largest absolute Gasteiger partial charge is 0.340 e. The zero-order chi connectivity index (χ0) is 19.6. The molecule has 0 spiro atoms. The van der Waals surface area contributed by atoms with E-state index in [0.29, 0.717) is 12.4 Å². The fourth-order valence-corrected chi connectivity index (χ4v) is 3.82. The van der Waals surface area contributed by atoms with Crippen LogP contribution in [0.2, 0.25) is 0 Å². The van der Waals surface area contributed by atoms with Crippen molar-refractivity contribution in [1.82, 2.24) is 15.0 Å². The lowest BCUT2D eigenvalue weighted by molar-refractivity contribution is -0.120. The molecule has 1 aliphatic heterocycles. The van der Waals surface area contributed by atoms with Crippen LogP contribution in [0.5, 0.6) is 0 Å². The third kappa shape index (κ3) is 3.27. The minimum Gasteiger partial charge on any atom is -0.340 e. The highest BCUT2D eigenvalue weighted by Gasteiger charge is 2.39. The van der Waals surface area contributed by atoms with E-state index in [9.17, 15) is 4.79 Å². The Hall–Kier alpha value is -2.54. The van der Waals surface area contributed by atoms with Crippen molar-refractivity contribution < 1.29 is 4.79 Å². The number of likely N-dealkylation sites (N-methyl/N-ethyl adjacent to an activating group) is 1. The standard InChI is InChI=1S/C20H28N6O/c1-5-14(6-2)26-16(7-3)20(27)25(4)17-12-23-18(24-19(17)26)15-8-9-22-11-13(15)10-21/h8-9,11-12,14,16H,5-7,10,21H2,1-4H3/t16-/m1/s1. The summed E-state index contributed by atoms with van der Waals surface area (Å²) in [5.74, 6) is 1.53. The van der Waals surface area contributed by atoms with E-state index in [1.54, 1.807) is 30.5 Å². The van der Waals surface area contributed by atoms with Crippen LogP contribution in [-0.2, 0) is 11.3 Å². The van der Waals surface area contributed by atoms with Crippen LogP contribution in [0.4, 0.5) is 11.5 Å². The van der Waals surface area contributed by atoms with Crippen molar-refractivity contribution in [2.24, 2.45) is 5.73 Å². The summed E-state index contributed by atoms with van der Waals surface area (Å²) in [5, 5.41) is 0. The summed E-state index contributed by atoms with van der Waals surface area (Å²) in [6.07, 6.45) is 7.86. The van der Waals surface area contributed by atoms with Gasteiger partial charge in [0.05, 0.1) is 6.20 Å². The highest BCUT2D eigenvalue weighted by molar-refractivity contribution is 6.04. The molecule has 0 unspecified atom stereocenters. The van der Waals surface area contributed by atoms with Gasteiger partial charge in [-0.25, -0.2) is 9.97 Å². The van der Waals surface area contributed by atoms with Gasteiger partial charge in [0.2, 0.25) is 5.91 Å². The van der Waals surface area contributed by atoms with Gasteiger partial charge in [0, 0.05) is 37.6 Å². The Bertz CT molecular complexity index is 820. The van der Waals surface area contributed by atoms with Crippen molar-refractivity contribution in [1.29, 1.82) is 0 Å². The normalized spacial score (nSPS) is 16.8. The first-order chi connectivity index (χ1) is 13.1. The summed E-state index contributed by atoms with van der Waals surface area (Å²) in [4.78, 5) is 30.4. The topological polar surface area (TPSA) is 88.2 Å². The summed E-state index contributed by atoms with van der Waals surface area (Å²) < 4.78 is 0. The van der Waals surface area contributed by atoms with Crippen molar-refractivity contribution in [2.75, 3.05) is 16.8 Å². The Morgan fingerprint density at radius 1 is 1.22 bits per heavy atom. The van der Waals surface area contributed by atoms with Crippen molar-refractivity contribution in [2.45, 2.75) is 58.7 Å². The molecule has 2 aromatic rings. The Labute approximate surface area is 160 Å². The lowest BCUT2D eigenvalue weighted by atomic mass is 10.0. The molecule has 7 heteroatoms. The molecule has 1 amide bonds. The van der Waals surface area contributed by atoms with Gasteiger partial charge in [-0.05, 0) is 30.9 Å². The average molecular weight is 368 g/mol. The van der Waals surface area contributed by atoms with E-state index in [1.807, 2.05) is 13.0 Å². The maximum atomic E-state index is 12.9. The van der Waals surface area contributed by atoms with Crippen molar-refractivity contribution in [3.63, 3.8) is 0 Å². The Balaban J connectivity index is 2.19. The van der Waals surface area contributed by atoms with E-state index >= 15 is 0 Å². The van der Waals surface area contributed by atoms with E-state index in [2.05, 4.69) is 28.7 Å². The predicted octanol–water partition coefficient (Wildman–Crippen LogP) is 2.75. The third-order valence-corrected chi connectivity index (χ3v) is 5.39. The molecule has 3 heterocycles. The molecular weight excluding hydrogens is 340 g/mol.